The third kappa shape index (κ3) is 4.91. The van der Waals surface area contributed by atoms with E-state index in [1.807, 2.05) is 49.5 Å². The van der Waals surface area contributed by atoms with Gasteiger partial charge >= 0.3 is 0 Å². The highest BCUT2D eigenvalue weighted by atomic mass is 32.2. The van der Waals surface area contributed by atoms with E-state index in [9.17, 15) is 13.2 Å². The van der Waals surface area contributed by atoms with Crippen LogP contribution in [0.15, 0.2) is 59.5 Å². The van der Waals surface area contributed by atoms with Crippen LogP contribution in [0.1, 0.15) is 25.5 Å². The minimum Gasteiger partial charge on any atom is -0.330 e. The second-order valence-electron chi connectivity index (χ2n) is 6.48. The Morgan fingerprint density at radius 1 is 1.04 bits per heavy atom. The largest absolute Gasteiger partial charge is 0.330 e. The van der Waals surface area contributed by atoms with Gasteiger partial charge in [0.15, 0.2) is 6.04 Å². The van der Waals surface area contributed by atoms with Crippen LogP contribution in [0, 0.1) is 0 Å². The van der Waals surface area contributed by atoms with Crippen molar-refractivity contribution in [1.29, 1.82) is 0 Å². The predicted octanol–water partition coefficient (Wildman–Crippen LogP) is 1.59. The van der Waals surface area contributed by atoms with Crippen LogP contribution < -0.4 is 10.6 Å². The molecule has 2 atom stereocenters. The quantitative estimate of drug-likeness (QED) is 0.770. The summed E-state index contributed by atoms with van der Waals surface area (Å²) < 4.78 is 25.6. The Hall–Kier alpha value is -2.22. The predicted molar refractivity (Wildman–Crippen MR) is 102 cm³/mol. The molecule has 26 heavy (non-hydrogen) atoms. The van der Waals surface area contributed by atoms with Gasteiger partial charge < -0.3 is 10.6 Å². The molecule has 140 valence electrons. The summed E-state index contributed by atoms with van der Waals surface area (Å²) in [5, 5.41) is 4.77. The first-order valence-electron chi connectivity index (χ1n) is 8.45. The minimum absolute atomic E-state index is 0.136. The molecule has 2 aromatic rings. The molecule has 0 saturated heterocycles. The first-order chi connectivity index (χ1) is 12.2. The van der Waals surface area contributed by atoms with Crippen molar-refractivity contribution in [2.75, 3.05) is 19.4 Å². The Kier molecular flexibility index (Phi) is 6.52. The average molecular weight is 377 g/mol. The van der Waals surface area contributed by atoms with Gasteiger partial charge in [-0.1, -0.05) is 36.4 Å². The number of carbonyl (C=O) groups excluding carboxylic acids is 1. The highest BCUT2D eigenvalue weighted by Crippen LogP contribution is 2.18. The van der Waals surface area contributed by atoms with Gasteiger partial charge in [0.2, 0.25) is 10.0 Å². The summed E-state index contributed by atoms with van der Waals surface area (Å²) in [6.45, 7) is 3.87. The van der Waals surface area contributed by atoms with Gasteiger partial charge in [0.25, 0.3) is 5.91 Å². The number of hydrogen-bond acceptors (Lipinski definition) is 3. The monoisotopic (exact) mass is 376 g/mol. The molecule has 3 N–H and O–H groups in total. The fourth-order valence-corrected chi connectivity index (χ4v) is 3.54. The lowest BCUT2D eigenvalue weighted by Crippen LogP contribution is -2.91. The van der Waals surface area contributed by atoms with E-state index < -0.39 is 10.0 Å². The molecule has 0 spiro atoms. The molecule has 2 rings (SSSR count). The highest BCUT2D eigenvalue weighted by Gasteiger charge is 2.22. The molecule has 0 aliphatic carbocycles. The van der Waals surface area contributed by atoms with E-state index in [1.54, 1.807) is 12.1 Å². The SMILES string of the molecule is C[C@@H]([NH2+][C@H](C)c1ccccc1)C(=O)Nc1cccc(S(=O)(=O)N(C)C)c1. The van der Waals surface area contributed by atoms with Gasteiger partial charge in [0, 0.05) is 25.3 Å². The minimum atomic E-state index is -3.54. The molecule has 0 heterocycles. The second-order valence-corrected chi connectivity index (χ2v) is 8.64. The summed E-state index contributed by atoms with van der Waals surface area (Å²) in [6.07, 6.45) is 0. The van der Waals surface area contributed by atoms with Crippen molar-refractivity contribution in [2.24, 2.45) is 0 Å². The van der Waals surface area contributed by atoms with Crippen LogP contribution in [0.2, 0.25) is 0 Å². The van der Waals surface area contributed by atoms with Crippen LogP contribution in [0.4, 0.5) is 5.69 Å². The molecule has 0 aromatic heterocycles. The zero-order valence-corrected chi connectivity index (χ0v) is 16.3. The molecule has 0 fully saturated rings. The lowest BCUT2D eigenvalue weighted by molar-refractivity contribution is -0.709. The van der Waals surface area contributed by atoms with Crippen molar-refractivity contribution < 1.29 is 18.5 Å². The first kappa shape index (κ1) is 20.1. The number of hydrogen-bond donors (Lipinski definition) is 2. The molecule has 7 heteroatoms. The number of benzene rings is 2. The fourth-order valence-electron chi connectivity index (χ4n) is 2.59. The zero-order chi connectivity index (χ0) is 19.3. The van der Waals surface area contributed by atoms with E-state index >= 15 is 0 Å². The summed E-state index contributed by atoms with van der Waals surface area (Å²) in [4.78, 5) is 12.6. The number of nitrogens with zero attached hydrogens (tertiary/aromatic N) is 1. The third-order valence-electron chi connectivity index (χ3n) is 4.20. The van der Waals surface area contributed by atoms with Gasteiger partial charge in [0.05, 0.1) is 4.90 Å². The van der Waals surface area contributed by atoms with E-state index in [2.05, 4.69) is 5.32 Å². The summed E-state index contributed by atoms with van der Waals surface area (Å²) in [5.41, 5.74) is 1.61. The molecule has 0 radical (unpaired) electrons. The van der Waals surface area contributed by atoms with E-state index in [0.29, 0.717) is 5.69 Å². The first-order valence-corrected chi connectivity index (χ1v) is 9.89. The molecule has 6 nitrogen and oxygen atoms in total. The Bertz CT molecular complexity index is 851. The van der Waals surface area contributed by atoms with Crippen molar-refractivity contribution in [1.82, 2.24) is 4.31 Å². The van der Waals surface area contributed by atoms with E-state index in [-0.39, 0.29) is 22.9 Å². The Morgan fingerprint density at radius 2 is 1.69 bits per heavy atom. The number of nitrogens with one attached hydrogen (secondary N) is 1. The van der Waals surface area contributed by atoms with Gasteiger partial charge in [-0.05, 0) is 32.0 Å². The van der Waals surface area contributed by atoms with E-state index in [4.69, 9.17) is 0 Å². The smallest absolute Gasteiger partial charge is 0.282 e. The number of amides is 1. The topological polar surface area (TPSA) is 83.1 Å². The van der Waals surface area contributed by atoms with Gasteiger partial charge in [-0.2, -0.15) is 0 Å². The summed E-state index contributed by atoms with van der Waals surface area (Å²) >= 11 is 0. The molecular weight excluding hydrogens is 350 g/mol. The normalized spacial score (nSPS) is 14.0. The van der Waals surface area contributed by atoms with Crippen LogP contribution >= 0.6 is 0 Å². The molecular formula is C19H26N3O3S+. The van der Waals surface area contributed by atoms with Crippen LogP contribution in [0.5, 0.6) is 0 Å². The maximum absolute atomic E-state index is 12.5. The van der Waals surface area contributed by atoms with Gasteiger partial charge in [-0.25, -0.2) is 12.7 Å². The number of carbonyl (C=O) groups is 1. The van der Waals surface area contributed by atoms with E-state index in [1.165, 1.54) is 26.2 Å². The lowest BCUT2D eigenvalue weighted by Gasteiger charge is -2.17. The van der Waals surface area contributed by atoms with Gasteiger partial charge in [0.1, 0.15) is 6.04 Å². The van der Waals surface area contributed by atoms with Gasteiger partial charge in [-0.3, -0.25) is 4.79 Å². The summed E-state index contributed by atoms with van der Waals surface area (Å²) in [5.74, 6) is -0.174. The van der Waals surface area contributed by atoms with Crippen LogP contribution in [-0.4, -0.2) is 38.8 Å². The Labute approximate surface area is 155 Å². The number of sulfonamides is 1. The van der Waals surface area contributed by atoms with Crippen molar-refractivity contribution >= 4 is 21.6 Å². The van der Waals surface area contributed by atoms with Crippen LogP contribution in [-0.2, 0) is 14.8 Å². The maximum Gasteiger partial charge on any atom is 0.282 e. The summed E-state index contributed by atoms with van der Waals surface area (Å²) in [7, 11) is -0.587. The Balaban J connectivity index is 2.05. The van der Waals surface area contributed by atoms with Crippen molar-refractivity contribution in [3.63, 3.8) is 0 Å². The third-order valence-corrected chi connectivity index (χ3v) is 6.01. The summed E-state index contributed by atoms with van der Waals surface area (Å²) in [6, 6.07) is 16.1. The molecule has 0 aliphatic heterocycles. The average Bonchev–Trinajstić information content (AvgIpc) is 2.62. The number of nitrogens with two attached hydrogens (primary N) is 1. The van der Waals surface area contributed by atoms with Crippen molar-refractivity contribution in [3.8, 4) is 0 Å². The van der Waals surface area contributed by atoms with E-state index in [0.717, 1.165) is 9.87 Å². The molecule has 0 saturated carbocycles. The van der Waals surface area contributed by atoms with Crippen molar-refractivity contribution in [3.05, 3.63) is 60.2 Å². The number of quaternary nitrogens is 1. The molecule has 0 bridgehead atoms. The standard InChI is InChI=1S/C19H25N3O3S/c1-14(16-9-6-5-7-10-16)20-15(2)19(23)21-17-11-8-12-18(13-17)26(24,25)22(3)4/h5-15,20H,1-4H3,(H,21,23)/p+1/t14-,15-/m1/s1. The molecule has 2 aromatic carbocycles. The number of rotatable bonds is 7. The molecule has 0 unspecified atom stereocenters. The lowest BCUT2D eigenvalue weighted by atomic mass is 10.1. The number of anilines is 1. The zero-order valence-electron chi connectivity index (χ0n) is 15.5. The highest BCUT2D eigenvalue weighted by molar-refractivity contribution is 7.89. The van der Waals surface area contributed by atoms with Crippen LogP contribution in [0.25, 0.3) is 0 Å². The maximum atomic E-state index is 12.5. The second kappa shape index (κ2) is 8.44. The van der Waals surface area contributed by atoms with Crippen molar-refractivity contribution in [2.45, 2.75) is 30.8 Å². The Morgan fingerprint density at radius 3 is 2.31 bits per heavy atom. The fraction of sp³-hybridized carbons (Fsp3) is 0.316. The van der Waals surface area contributed by atoms with Gasteiger partial charge in [-0.15, -0.1) is 0 Å². The van der Waals surface area contributed by atoms with Crippen LogP contribution in [0.3, 0.4) is 0 Å². The molecule has 1 amide bonds. The molecule has 0 aliphatic rings.